The van der Waals surface area contributed by atoms with Gasteiger partial charge >= 0.3 is 6.03 Å². The van der Waals surface area contributed by atoms with Crippen LogP contribution < -0.4 is 16.0 Å². The summed E-state index contributed by atoms with van der Waals surface area (Å²) >= 11 is 5.36. The molecule has 1 aromatic heterocycles. The quantitative estimate of drug-likeness (QED) is 0.608. The minimum Gasteiger partial charge on any atom is -0.336 e. The average Bonchev–Trinajstić information content (AvgIpc) is 3.28. The highest BCUT2D eigenvalue weighted by Crippen LogP contribution is 2.12. The van der Waals surface area contributed by atoms with Crippen LogP contribution in [0.4, 0.5) is 16.3 Å². The maximum atomic E-state index is 11.5. The van der Waals surface area contributed by atoms with Crippen LogP contribution in [0.2, 0.25) is 0 Å². The van der Waals surface area contributed by atoms with Crippen LogP contribution in [0.25, 0.3) is 0 Å². The molecule has 2 amide bonds. The number of anilines is 2. The van der Waals surface area contributed by atoms with Crippen molar-refractivity contribution < 1.29 is 4.79 Å². The zero-order chi connectivity index (χ0) is 19.1. The number of rotatable bonds is 8. The van der Waals surface area contributed by atoms with Gasteiger partial charge < -0.3 is 20.9 Å². The van der Waals surface area contributed by atoms with E-state index in [1.54, 1.807) is 9.58 Å². The van der Waals surface area contributed by atoms with Gasteiger partial charge in [0.15, 0.2) is 10.9 Å². The molecule has 1 aliphatic heterocycles. The van der Waals surface area contributed by atoms with Gasteiger partial charge in [-0.1, -0.05) is 25.5 Å². The number of thiocarbonyl (C=S) groups is 1. The van der Waals surface area contributed by atoms with E-state index in [4.69, 9.17) is 12.2 Å². The second-order valence-electron chi connectivity index (χ2n) is 6.56. The first-order chi connectivity index (χ1) is 13.1. The number of aromatic nitrogens is 2. The van der Waals surface area contributed by atoms with Crippen molar-refractivity contribution in [1.82, 2.24) is 20.0 Å². The molecule has 7 nitrogen and oxygen atoms in total. The second kappa shape index (κ2) is 9.36. The fourth-order valence-corrected chi connectivity index (χ4v) is 3.14. The third-order valence-electron chi connectivity index (χ3n) is 4.46. The first-order valence-electron chi connectivity index (χ1n) is 9.37. The lowest BCUT2D eigenvalue weighted by atomic mass is 10.1. The van der Waals surface area contributed by atoms with Crippen molar-refractivity contribution in [3.05, 3.63) is 42.1 Å². The van der Waals surface area contributed by atoms with Crippen LogP contribution in [0.15, 0.2) is 36.5 Å². The summed E-state index contributed by atoms with van der Waals surface area (Å²) in [4.78, 5) is 13.3. The fraction of sp³-hybridized carbons (Fsp3) is 0.421. The van der Waals surface area contributed by atoms with E-state index in [1.807, 2.05) is 24.4 Å². The van der Waals surface area contributed by atoms with Gasteiger partial charge in [0, 0.05) is 37.6 Å². The highest BCUT2D eigenvalue weighted by molar-refractivity contribution is 7.80. The Morgan fingerprint density at radius 1 is 1.22 bits per heavy atom. The number of aryl methyl sites for hydroxylation is 1. The van der Waals surface area contributed by atoms with Crippen molar-refractivity contribution >= 4 is 34.9 Å². The molecule has 0 atom stereocenters. The van der Waals surface area contributed by atoms with E-state index in [-0.39, 0.29) is 6.03 Å². The van der Waals surface area contributed by atoms with Crippen LogP contribution in [0, 0.1) is 0 Å². The van der Waals surface area contributed by atoms with Crippen molar-refractivity contribution in [2.24, 2.45) is 0 Å². The lowest BCUT2D eigenvalue weighted by Gasteiger charge is -2.13. The minimum atomic E-state index is -0.00778. The molecule has 27 heavy (non-hydrogen) atoms. The van der Waals surface area contributed by atoms with Gasteiger partial charge in [0.05, 0.1) is 6.54 Å². The predicted molar refractivity (Wildman–Crippen MR) is 112 cm³/mol. The first kappa shape index (κ1) is 19.2. The number of hydrogen-bond acceptors (Lipinski definition) is 3. The molecule has 3 rings (SSSR count). The van der Waals surface area contributed by atoms with Crippen molar-refractivity contribution in [3.63, 3.8) is 0 Å². The summed E-state index contributed by atoms with van der Waals surface area (Å²) in [5, 5.41) is 14.0. The molecule has 2 heterocycles. The Bertz CT molecular complexity index is 773. The molecular formula is C19H26N6OS. The van der Waals surface area contributed by atoms with E-state index >= 15 is 0 Å². The Labute approximate surface area is 165 Å². The lowest BCUT2D eigenvalue weighted by Crippen LogP contribution is -2.31. The molecule has 3 N–H and O–H groups in total. The highest BCUT2D eigenvalue weighted by atomic mass is 32.1. The van der Waals surface area contributed by atoms with E-state index in [1.165, 1.54) is 18.4 Å². The van der Waals surface area contributed by atoms with Crippen molar-refractivity contribution in [1.29, 1.82) is 0 Å². The molecule has 0 bridgehead atoms. The summed E-state index contributed by atoms with van der Waals surface area (Å²) < 4.78 is 1.80. The SMILES string of the molecule is CCCCc1ccc(NC(=S)Nc2ccn(CCN3CCNC3=O)n2)cc1. The smallest absolute Gasteiger partial charge is 0.317 e. The molecule has 1 fully saturated rings. The van der Waals surface area contributed by atoms with E-state index < -0.39 is 0 Å². The third-order valence-corrected chi connectivity index (χ3v) is 4.66. The molecule has 2 aromatic rings. The topological polar surface area (TPSA) is 74.2 Å². The Balaban J connectivity index is 1.45. The van der Waals surface area contributed by atoms with Gasteiger partial charge in [-0.3, -0.25) is 4.68 Å². The number of amides is 2. The van der Waals surface area contributed by atoms with Crippen LogP contribution in [0.3, 0.4) is 0 Å². The van der Waals surface area contributed by atoms with Crippen molar-refractivity contribution in [3.8, 4) is 0 Å². The zero-order valence-corrected chi connectivity index (χ0v) is 16.4. The molecule has 1 saturated heterocycles. The van der Waals surface area contributed by atoms with Crippen LogP contribution in [-0.4, -0.2) is 45.5 Å². The molecule has 0 unspecified atom stereocenters. The Morgan fingerprint density at radius 2 is 2.04 bits per heavy atom. The first-order valence-corrected chi connectivity index (χ1v) is 9.78. The molecule has 0 aliphatic carbocycles. The Kier molecular flexibility index (Phi) is 6.64. The molecule has 0 spiro atoms. The van der Waals surface area contributed by atoms with Crippen LogP contribution >= 0.6 is 12.2 Å². The molecule has 1 aromatic carbocycles. The van der Waals surface area contributed by atoms with Crippen LogP contribution in [0.1, 0.15) is 25.3 Å². The highest BCUT2D eigenvalue weighted by Gasteiger charge is 2.18. The number of nitrogens with zero attached hydrogens (tertiary/aromatic N) is 3. The molecule has 1 aliphatic rings. The largest absolute Gasteiger partial charge is 0.336 e. The summed E-state index contributed by atoms with van der Waals surface area (Å²) in [5.74, 6) is 0.679. The number of urea groups is 1. The summed E-state index contributed by atoms with van der Waals surface area (Å²) in [6.45, 7) is 4.94. The van der Waals surface area contributed by atoms with E-state index in [2.05, 4.69) is 40.1 Å². The number of nitrogens with one attached hydrogen (secondary N) is 3. The standard InChI is InChI=1S/C19H26N6OS/c1-2-3-4-15-5-7-16(8-6-15)21-18(27)22-17-9-11-25(23-17)14-13-24-12-10-20-19(24)26/h5-9,11H,2-4,10,12-14H2,1H3,(H,20,26)(H2,21,22,23,27). The fourth-order valence-electron chi connectivity index (χ4n) is 2.91. The van der Waals surface area contributed by atoms with Gasteiger partial charge in [0.2, 0.25) is 0 Å². The van der Waals surface area contributed by atoms with Gasteiger partial charge in [0.1, 0.15) is 0 Å². The van der Waals surface area contributed by atoms with E-state index in [0.29, 0.717) is 30.6 Å². The van der Waals surface area contributed by atoms with Crippen molar-refractivity contribution in [2.45, 2.75) is 32.7 Å². The minimum absolute atomic E-state index is 0.00778. The third kappa shape index (κ3) is 5.68. The maximum absolute atomic E-state index is 11.5. The Morgan fingerprint density at radius 3 is 2.74 bits per heavy atom. The predicted octanol–water partition coefficient (Wildman–Crippen LogP) is 3.06. The molecule has 0 saturated carbocycles. The zero-order valence-electron chi connectivity index (χ0n) is 15.6. The van der Waals surface area contributed by atoms with Crippen LogP contribution in [0.5, 0.6) is 0 Å². The number of carbonyl (C=O) groups is 1. The summed E-state index contributed by atoms with van der Waals surface area (Å²) in [5.41, 5.74) is 2.29. The molecule has 0 radical (unpaired) electrons. The van der Waals surface area contributed by atoms with Gasteiger partial charge in [-0.25, -0.2) is 4.79 Å². The van der Waals surface area contributed by atoms with Crippen molar-refractivity contribution in [2.75, 3.05) is 30.3 Å². The Hall–Kier alpha value is -2.61. The molecule has 8 heteroatoms. The van der Waals surface area contributed by atoms with Gasteiger partial charge in [0.25, 0.3) is 0 Å². The summed E-state index contributed by atoms with van der Waals surface area (Å²) in [6.07, 6.45) is 5.39. The maximum Gasteiger partial charge on any atom is 0.317 e. The van der Waals surface area contributed by atoms with Gasteiger partial charge in [-0.05, 0) is 42.8 Å². The monoisotopic (exact) mass is 386 g/mol. The normalized spacial score (nSPS) is 13.5. The lowest BCUT2D eigenvalue weighted by molar-refractivity contribution is 0.215. The molecular weight excluding hydrogens is 360 g/mol. The summed E-state index contributed by atoms with van der Waals surface area (Å²) in [6, 6.07) is 10.2. The number of carbonyl (C=O) groups excluding carboxylic acids is 1. The molecule has 144 valence electrons. The van der Waals surface area contributed by atoms with E-state index in [0.717, 1.165) is 18.7 Å². The number of hydrogen-bond donors (Lipinski definition) is 3. The average molecular weight is 387 g/mol. The van der Waals surface area contributed by atoms with Gasteiger partial charge in [-0.15, -0.1) is 0 Å². The van der Waals surface area contributed by atoms with Gasteiger partial charge in [-0.2, -0.15) is 5.10 Å². The van der Waals surface area contributed by atoms with Crippen LogP contribution in [-0.2, 0) is 13.0 Å². The number of benzene rings is 1. The number of unbranched alkanes of at least 4 members (excludes halogenated alkanes) is 1. The van der Waals surface area contributed by atoms with E-state index in [9.17, 15) is 4.79 Å². The second-order valence-corrected chi connectivity index (χ2v) is 6.97. The summed E-state index contributed by atoms with van der Waals surface area (Å²) in [7, 11) is 0.